The minimum absolute atomic E-state index is 0.107. The molecule has 0 aromatic carbocycles. The second kappa shape index (κ2) is 6.24. The highest BCUT2D eigenvalue weighted by Crippen LogP contribution is 2.30. The number of likely N-dealkylation sites (tertiary alicyclic amines) is 1. The molecule has 0 bridgehead atoms. The molecule has 0 aliphatic carbocycles. The van der Waals surface area contributed by atoms with Gasteiger partial charge in [0.1, 0.15) is 0 Å². The van der Waals surface area contributed by atoms with E-state index in [1.165, 1.54) is 18.5 Å². The SMILES string of the molecule is CC[C@H](N)C(=O)N1CCCCCC1c1cccn1C. The predicted octanol–water partition coefficient (Wildman–Crippen LogP) is 2.21. The van der Waals surface area contributed by atoms with Gasteiger partial charge in [-0.05, 0) is 31.4 Å². The lowest BCUT2D eigenvalue weighted by Crippen LogP contribution is -2.45. The van der Waals surface area contributed by atoms with Crippen molar-refractivity contribution < 1.29 is 4.79 Å². The van der Waals surface area contributed by atoms with Gasteiger partial charge >= 0.3 is 0 Å². The van der Waals surface area contributed by atoms with Crippen LogP contribution in [0.3, 0.4) is 0 Å². The fourth-order valence-electron chi connectivity index (χ4n) is 2.89. The molecule has 1 aromatic heterocycles. The van der Waals surface area contributed by atoms with Crippen LogP contribution in [0.4, 0.5) is 0 Å². The normalized spacial score (nSPS) is 22.1. The molecule has 0 saturated carbocycles. The standard InChI is InChI=1S/C15H25N3O/c1-3-12(16)15(19)18-11-6-4-5-8-14(18)13-9-7-10-17(13)2/h7,9-10,12,14H,3-6,8,11,16H2,1-2H3/t12-,14?/m0/s1. The maximum absolute atomic E-state index is 12.5. The molecule has 2 atom stereocenters. The molecule has 4 nitrogen and oxygen atoms in total. The van der Waals surface area contributed by atoms with Gasteiger partial charge in [-0.3, -0.25) is 4.79 Å². The van der Waals surface area contributed by atoms with E-state index in [0.29, 0.717) is 6.42 Å². The third kappa shape index (κ3) is 3.00. The Morgan fingerprint density at radius 2 is 2.26 bits per heavy atom. The van der Waals surface area contributed by atoms with Crippen LogP contribution < -0.4 is 5.73 Å². The topological polar surface area (TPSA) is 51.3 Å². The molecule has 2 rings (SSSR count). The Labute approximate surface area is 115 Å². The van der Waals surface area contributed by atoms with E-state index in [2.05, 4.69) is 10.6 Å². The van der Waals surface area contributed by atoms with Crippen molar-refractivity contribution in [3.63, 3.8) is 0 Å². The third-order valence-electron chi connectivity index (χ3n) is 4.12. The Bertz CT molecular complexity index is 427. The summed E-state index contributed by atoms with van der Waals surface area (Å²) in [6, 6.07) is 3.99. The maximum atomic E-state index is 12.5. The Morgan fingerprint density at radius 1 is 1.47 bits per heavy atom. The van der Waals surface area contributed by atoms with Crippen molar-refractivity contribution >= 4 is 5.91 Å². The minimum Gasteiger partial charge on any atom is -0.353 e. The predicted molar refractivity (Wildman–Crippen MR) is 76.6 cm³/mol. The quantitative estimate of drug-likeness (QED) is 0.909. The largest absolute Gasteiger partial charge is 0.353 e. The highest BCUT2D eigenvalue weighted by molar-refractivity contribution is 5.82. The zero-order valence-electron chi connectivity index (χ0n) is 12.0. The van der Waals surface area contributed by atoms with Crippen LogP contribution in [0.1, 0.15) is 50.8 Å². The van der Waals surface area contributed by atoms with Gasteiger partial charge in [-0.15, -0.1) is 0 Å². The first-order valence-corrected chi connectivity index (χ1v) is 7.32. The lowest BCUT2D eigenvalue weighted by molar-refractivity contribution is -0.135. The second-order valence-corrected chi connectivity index (χ2v) is 5.46. The van der Waals surface area contributed by atoms with Gasteiger partial charge in [-0.1, -0.05) is 19.8 Å². The summed E-state index contributed by atoms with van der Waals surface area (Å²) in [5.41, 5.74) is 7.17. The summed E-state index contributed by atoms with van der Waals surface area (Å²) >= 11 is 0. The molecule has 19 heavy (non-hydrogen) atoms. The fraction of sp³-hybridized carbons (Fsp3) is 0.667. The van der Waals surface area contributed by atoms with Crippen LogP contribution in [0.15, 0.2) is 18.3 Å². The number of nitrogens with zero attached hydrogens (tertiary/aromatic N) is 2. The van der Waals surface area contributed by atoms with Crippen molar-refractivity contribution in [1.82, 2.24) is 9.47 Å². The van der Waals surface area contributed by atoms with Crippen molar-refractivity contribution in [3.8, 4) is 0 Å². The Balaban J connectivity index is 2.26. The van der Waals surface area contributed by atoms with Gasteiger partial charge in [0, 0.05) is 25.5 Å². The highest BCUT2D eigenvalue weighted by Gasteiger charge is 2.30. The number of hydrogen-bond acceptors (Lipinski definition) is 2. The van der Waals surface area contributed by atoms with Gasteiger partial charge in [0.2, 0.25) is 5.91 Å². The van der Waals surface area contributed by atoms with Gasteiger partial charge in [0.05, 0.1) is 12.1 Å². The van der Waals surface area contributed by atoms with E-state index in [9.17, 15) is 4.79 Å². The summed E-state index contributed by atoms with van der Waals surface area (Å²) in [6.07, 6.45) is 7.26. The van der Waals surface area contributed by atoms with Crippen molar-refractivity contribution in [1.29, 1.82) is 0 Å². The summed E-state index contributed by atoms with van der Waals surface area (Å²) in [4.78, 5) is 14.5. The monoisotopic (exact) mass is 263 g/mol. The van der Waals surface area contributed by atoms with Gasteiger partial charge < -0.3 is 15.2 Å². The highest BCUT2D eigenvalue weighted by atomic mass is 16.2. The number of hydrogen-bond donors (Lipinski definition) is 1. The number of aromatic nitrogens is 1. The zero-order chi connectivity index (χ0) is 13.8. The second-order valence-electron chi connectivity index (χ2n) is 5.46. The molecule has 1 amide bonds. The van der Waals surface area contributed by atoms with E-state index in [1.54, 1.807) is 0 Å². The third-order valence-corrected chi connectivity index (χ3v) is 4.12. The first kappa shape index (κ1) is 14.1. The van der Waals surface area contributed by atoms with E-state index in [0.717, 1.165) is 19.4 Å². The molecule has 2 N–H and O–H groups in total. The first-order chi connectivity index (χ1) is 9.15. The van der Waals surface area contributed by atoms with Crippen LogP contribution in [0.2, 0.25) is 0 Å². The number of rotatable bonds is 3. The molecule has 1 unspecified atom stereocenters. The van der Waals surface area contributed by atoms with E-state index >= 15 is 0 Å². The fourth-order valence-corrected chi connectivity index (χ4v) is 2.89. The summed E-state index contributed by atoms with van der Waals surface area (Å²) in [5, 5.41) is 0. The Hall–Kier alpha value is -1.29. The average Bonchev–Trinajstić information content (AvgIpc) is 2.70. The molecule has 106 valence electrons. The first-order valence-electron chi connectivity index (χ1n) is 7.32. The van der Waals surface area contributed by atoms with Crippen molar-refractivity contribution in [2.45, 2.75) is 51.1 Å². The smallest absolute Gasteiger partial charge is 0.240 e. The van der Waals surface area contributed by atoms with Crippen LogP contribution in [0.25, 0.3) is 0 Å². The molecule has 1 fully saturated rings. The van der Waals surface area contributed by atoms with E-state index in [-0.39, 0.29) is 18.0 Å². The molecular weight excluding hydrogens is 238 g/mol. The van der Waals surface area contributed by atoms with Gasteiger partial charge in [-0.25, -0.2) is 0 Å². The molecule has 0 spiro atoms. The molecule has 0 radical (unpaired) electrons. The molecule has 1 aliphatic rings. The zero-order valence-corrected chi connectivity index (χ0v) is 12.0. The lowest BCUT2D eigenvalue weighted by Gasteiger charge is -2.32. The summed E-state index contributed by atoms with van der Waals surface area (Å²) in [6.45, 7) is 2.81. The molecule has 1 aromatic rings. The molecule has 1 aliphatic heterocycles. The van der Waals surface area contributed by atoms with Crippen LogP contribution >= 0.6 is 0 Å². The Kier molecular flexibility index (Phi) is 4.64. The molecule has 2 heterocycles. The van der Waals surface area contributed by atoms with E-state index in [1.807, 2.05) is 31.1 Å². The minimum atomic E-state index is -0.360. The molecule has 4 heteroatoms. The van der Waals surface area contributed by atoms with Crippen LogP contribution in [-0.2, 0) is 11.8 Å². The van der Waals surface area contributed by atoms with E-state index < -0.39 is 0 Å². The number of nitrogens with two attached hydrogens (primary N) is 1. The van der Waals surface area contributed by atoms with Gasteiger partial charge in [-0.2, -0.15) is 0 Å². The van der Waals surface area contributed by atoms with E-state index in [4.69, 9.17) is 5.73 Å². The summed E-state index contributed by atoms with van der Waals surface area (Å²) in [7, 11) is 2.04. The van der Waals surface area contributed by atoms with Crippen LogP contribution in [0, 0.1) is 0 Å². The Morgan fingerprint density at radius 3 is 2.89 bits per heavy atom. The van der Waals surface area contributed by atoms with Crippen molar-refractivity contribution in [2.24, 2.45) is 12.8 Å². The average molecular weight is 263 g/mol. The van der Waals surface area contributed by atoms with Gasteiger partial charge in [0.15, 0.2) is 0 Å². The maximum Gasteiger partial charge on any atom is 0.240 e. The van der Waals surface area contributed by atoms with Crippen molar-refractivity contribution in [2.75, 3.05) is 6.54 Å². The van der Waals surface area contributed by atoms with Crippen LogP contribution in [0.5, 0.6) is 0 Å². The number of amides is 1. The molecular formula is C15H25N3O. The number of carbonyl (C=O) groups excluding carboxylic acids is 1. The lowest BCUT2D eigenvalue weighted by atomic mass is 10.1. The van der Waals surface area contributed by atoms with Gasteiger partial charge in [0.25, 0.3) is 0 Å². The van der Waals surface area contributed by atoms with Crippen LogP contribution in [-0.4, -0.2) is 28.0 Å². The molecule has 1 saturated heterocycles. The summed E-state index contributed by atoms with van der Waals surface area (Å²) < 4.78 is 2.12. The number of aryl methyl sites for hydroxylation is 1. The number of carbonyl (C=O) groups is 1. The summed E-state index contributed by atoms with van der Waals surface area (Å²) in [5.74, 6) is 0.107. The van der Waals surface area contributed by atoms with Crippen molar-refractivity contribution in [3.05, 3.63) is 24.0 Å².